The molecule has 2 aromatic rings. The summed E-state index contributed by atoms with van der Waals surface area (Å²) < 4.78 is 1.71. The fraction of sp³-hybridized carbons (Fsp3) is 0.375. The van der Waals surface area contributed by atoms with Gasteiger partial charge in [0.1, 0.15) is 0 Å². The molecule has 0 unspecified atom stereocenters. The molecule has 1 aromatic carbocycles. The second-order valence-corrected chi connectivity index (χ2v) is 5.68. The van der Waals surface area contributed by atoms with Crippen LogP contribution in [0.15, 0.2) is 42.7 Å². The summed E-state index contributed by atoms with van der Waals surface area (Å²) in [4.78, 5) is 14.3. The predicted molar refractivity (Wildman–Crippen MR) is 80.7 cm³/mol. The Morgan fingerprint density at radius 3 is 2.76 bits per heavy atom. The van der Waals surface area contributed by atoms with Crippen molar-refractivity contribution in [1.29, 1.82) is 0 Å². The summed E-state index contributed by atoms with van der Waals surface area (Å²) >= 11 is 0. The molecule has 2 atom stereocenters. The maximum atomic E-state index is 12.4. The molecule has 0 bridgehead atoms. The normalized spacial score (nSPS) is 21.7. The van der Waals surface area contributed by atoms with Crippen molar-refractivity contribution in [3.05, 3.63) is 53.9 Å². The van der Waals surface area contributed by atoms with Crippen LogP contribution in [0.3, 0.4) is 0 Å². The van der Waals surface area contributed by atoms with Crippen LogP contribution in [-0.2, 0) is 18.3 Å². The van der Waals surface area contributed by atoms with Crippen molar-refractivity contribution in [2.24, 2.45) is 12.8 Å². The highest BCUT2D eigenvalue weighted by molar-refractivity contribution is 5.79. The van der Waals surface area contributed by atoms with Crippen molar-refractivity contribution >= 4 is 5.91 Å². The van der Waals surface area contributed by atoms with Crippen LogP contribution in [0.2, 0.25) is 0 Å². The number of carbonyl (C=O) groups is 1. The van der Waals surface area contributed by atoms with Gasteiger partial charge in [-0.1, -0.05) is 30.3 Å². The van der Waals surface area contributed by atoms with Gasteiger partial charge in [0, 0.05) is 38.3 Å². The molecule has 0 saturated carbocycles. The van der Waals surface area contributed by atoms with Crippen LogP contribution in [-0.4, -0.2) is 39.7 Å². The van der Waals surface area contributed by atoms with E-state index in [2.05, 4.69) is 17.2 Å². The zero-order valence-corrected chi connectivity index (χ0v) is 12.1. The quantitative estimate of drug-likeness (QED) is 0.911. The van der Waals surface area contributed by atoms with Crippen molar-refractivity contribution in [1.82, 2.24) is 14.7 Å². The van der Waals surface area contributed by atoms with Crippen molar-refractivity contribution in [3.8, 4) is 0 Å². The Labute approximate surface area is 124 Å². The molecule has 1 fully saturated rings. The molecule has 0 aliphatic carbocycles. The van der Waals surface area contributed by atoms with Crippen LogP contribution < -0.4 is 5.73 Å². The Morgan fingerprint density at radius 1 is 1.33 bits per heavy atom. The highest BCUT2D eigenvalue weighted by Crippen LogP contribution is 2.26. The third kappa shape index (κ3) is 2.97. The molecule has 1 saturated heterocycles. The van der Waals surface area contributed by atoms with Gasteiger partial charge >= 0.3 is 0 Å². The smallest absolute Gasteiger partial charge is 0.227 e. The van der Waals surface area contributed by atoms with E-state index in [1.165, 1.54) is 5.56 Å². The average molecular weight is 284 g/mol. The van der Waals surface area contributed by atoms with Crippen LogP contribution in [0.5, 0.6) is 0 Å². The standard InChI is InChI=1S/C16H20N4O/c1-19-9-12(8-18-19)7-16(21)20-10-14(15(17)11-20)13-5-3-2-4-6-13/h2-6,8-9,14-15H,7,10-11,17H2,1H3/t14-,15+/m0/s1. The van der Waals surface area contributed by atoms with E-state index in [0.717, 1.165) is 5.56 Å². The Hall–Kier alpha value is -2.14. The maximum absolute atomic E-state index is 12.4. The van der Waals surface area contributed by atoms with E-state index >= 15 is 0 Å². The lowest BCUT2D eigenvalue weighted by atomic mass is 9.95. The first-order chi connectivity index (χ1) is 10.1. The van der Waals surface area contributed by atoms with Crippen molar-refractivity contribution < 1.29 is 4.79 Å². The molecule has 5 heteroatoms. The van der Waals surface area contributed by atoms with Gasteiger partial charge in [0.05, 0.1) is 12.6 Å². The highest BCUT2D eigenvalue weighted by atomic mass is 16.2. The van der Waals surface area contributed by atoms with Gasteiger partial charge in [-0.25, -0.2) is 0 Å². The molecule has 3 rings (SSSR count). The Bertz CT molecular complexity index is 622. The minimum absolute atomic E-state index is 0.00486. The average Bonchev–Trinajstić information content (AvgIpc) is 3.06. The lowest BCUT2D eigenvalue weighted by Gasteiger charge is -2.16. The number of rotatable bonds is 3. The summed E-state index contributed by atoms with van der Waals surface area (Å²) in [6.45, 7) is 1.32. The van der Waals surface area contributed by atoms with E-state index in [-0.39, 0.29) is 17.9 Å². The number of likely N-dealkylation sites (tertiary alicyclic amines) is 1. The van der Waals surface area contributed by atoms with Gasteiger partial charge in [-0.3, -0.25) is 9.48 Å². The number of nitrogens with two attached hydrogens (primary N) is 1. The van der Waals surface area contributed by atoms with Crippen LogP contribution in [0, 0.1) is 0 Å². The minimum Gasteiger partial charge on any atom is -0.340 e. The van der Waals surface area contributed by atoms with Gasteiger partial charge < -0.3 is 10.6 Å². The first-order valence-electron chi connectivity index (χ1n) is 7.19. The fourth-order valence-corrected chi connectivity index (χ4v) is 2.94. The van der Waals surface area contributed by atoms with E-state index in [1.807, 2.05) is 36.3 Å². The topological polar surface area (TPSA) is 64.2 Å². The van der Waals surface area contributed by atoms with Gasteiger partial charge in [-0.05, 0) is 11.1 Å². The lowest BCUT2D eigenvalue weighted by Crippen LogP contribution is -2.33. The molecule has 1 aromatic heterocycles. The van der Waals surface area contributed by atoms with E-state index in [0.29, 0.717) is 19.5 Å². The van der Waals surface area contributed by atoms with E-state index in [4.69, 9.17) is 5.73 Å². The van der Waals surface area contributed by atoms with Gasteiger partial charge in [-0.15, -0.1) is 0 Å². The number of nitrogens with zero attached hydrogens (tertiary/aromatic N) is 3. The summed E-state index contributed by atoms with van der Waals surface area (Å²) in [6.07, 6.45) is 4.01. The number of carbonyl (C=O) groups excluding carboxylic acids is 1. The highest BCUT2D eigenvalue weighted by Gasteiger charge is 2.33. The van der Waals surface area contributed by atoms with Crippen LogP contribution in [0.1, 0.15) is 17.0 Å². The van der Waals surface area contributed by atoms with Crippen molar-refractivity contribution in [3.63, 3.8) is 0 Å². The number of amides is 1. The van der Waals surface area contributed by atoms with Gasteiger partial charge in [-0.2, -0.15) is 5.10 Å². The second kappa shape index (κ2) is 5.69. The molecular weight excluding hydrogens is 264 g/mol. The molecule has 5 nitrogen and oxygen atoms in total. The first-order valence-corrected chi connectivity index (χ1v) is 7.19. The Balaban J connectivity index is 1.66. The zero-order chi connectivity index (χ0) is 14.8. The number of hydrogen-bond acceptors (Lipinski definition) is 3. The zero-order valence-electron chi connectivity index (χ0n) is 12.1. The van der Waals surface area contributed by atoms with E-state index in [9.17, 15) is 4.79 Å². The summed E-state index contributed by atoms with van der Waals surface area (Å²) in [5.74, 6) is 0.348. The molecule has 1 aliphatic rings. The molecule has 2 heterocycles. The van der Waals surface area contributed by atoms with Gasteiger partial charge in [0.25, 0.3) is 0 Å². The molecule has 0 radical (unpaired) electrons. The fourth-order valence-electron chi connectivity index (χ4n) is 2.94. The summed E-state index contributed by atoms with van der Waals surface area (Å²) in [6, 6.07) is 10.2. The van der Waals surface area contributed by atoms with Gasteiger partial charge in [0.2, 0.25) is 5.91 Å². The van der Waals surface area contributed by atoms with Crippen molar-refractivity contribution in [2.75, 3.05) is 13.1 Å². The second-order valence-electron chi connectivity index (χ2n) is 5.68. The van der Waals surface area contributed by atoms with Crippen LogP contribution >= 0.6 is 0 Å². The lowest BCUT2D eigenvalue weighted by molar-refractivity contribution is -0.129. The van der Waals surface area contributed by atoms with Crippen molar-refractivity contribution in [2.45, 2.75) is 18.4 Å². The maximum Gasteiger partial charge on any atom is 0.227 e. The largest absolute Gasteiger partial charge is 0.340 e. The molecule has 21 heavy (non-hydrogen) atoms. The molecule has 0 spiro atoms. The first kappa shape index (κ1) is 13.8. The summed E-state index contributed by atoms with van der Waals surface area (Å²) in [5, 5.41) is 4.10. The number of aryl methyl sites for hydroxylation is 1. The Kier molecular flexibility index (Phi) is 3.75. The number of aromatic nitrogens is 2. The monoisotopic (exact) mass is 284 g/mol. The third-order valence-corrected chi connectivity index (χ3v) is 4.06. The third-order valence-electron chi connectivity index (χ3n) is 4.06. The summed E-state index contributed by atoms with van der Waals surface area (Å²) in [7, 11) is 1.85. The van der Waals surface area contributed by atoms with Gasteiger partial charge in [0.15, 0.2) is 0 Å². The predicted octanol–water partition coefficient (Wildman–Crippen LogP) is 0.916. The molecular formula is C16H20N4O. The Morgan fingerprint density at radius 2 is 2.10 bits per heavy atom. The van der Waals surface area contributed by atoms with E-state index in [1.54, 1.807) is 10.9 Å². The molecule has 2 N–H and O–H groups in total. The van der Waals surface area contributed by atoms with Crippen LogP contribution in [0.4, 0.5) is 0 Å². The number of benzene rings is 1. The molecule has 1 aliphatic heterocycles. The van der Waals surface area contributed by atoms with E-state index < -0.39 is 0 Å². The number of hydrogen-bond donors (Lipinski definition) is 1. The van der Waals surface area contributed by atoms with Crippen LogP contribution in [0.25, 0.3) is 0 Å². The summed E-state index contributed by atoms with van der Waals surface area (Å²) in [5.41, 5.74) is 8.38. The minimum atomic E-state index is 0.00486. The SMILES string of the molecule is Cn1cc(CC(=O)N2C[C@@H](N)[C@H](c3ccccc3)C2)cn1. The molecule has 1 amide bonds. The molecule has 110 valence electrons.